The Kier molecular flexibility index (Phi) is 5.89. The normalized spacial score (nSPS) is 14.9. The van der Waals surface area contributed by atoms with Crippen molar-refractivity contribution in [1.29, 1.82) is 0 Å². The molecule has 0 N–H and O–H groups in total. The van der Waals surface area contributed by atoms with Crippen LogP contribution in [0, 0.1) is 0 Å². The fraction of sp³-hybridized carbons (Fsp3) is 0.227. The summed E-state index contributed by atoms with van der Waals surface area (Å²) in [5.74, 6) is -0.961. The molecule has 0 spiro atoms. The summed E-state index contributed by atoms with van der Waals surface area (Å²) in [5, 5.41) is 0. The molecule has 0 unspecified atom stereocenters. The van der Waals surface area contributed by atoms with Gasteiger partial charge in [0.2, 0.25) is 5.91 Å². The molecule has 0 bridgehead atoms. The molecule has 28 heavy (non-hydrogen) atoms. The van der Waals surface area contributed by atoms with Gasteiger partial charge in [-0.1, -0.05) is 36.4 Å². The summed E-state index contributed by atoms with van der Waals surface area (Å²) >= 11 is 0. The summed E-state index contributed by atoms with van der Waals surface area (Å²) in [6, 6.07) is 13.9. The number of ether oxygens (including phenoxy) is 2. The van der Waals surface area contributed by atoms with Gasteiger partial charge < -0.3 is 14.4 Å². The highest BCUT2D eigenvalue weighted by atomic mass is 16.5. The highest BCUT2D eigenvalue weighted by Crippen LogP contribution is 2.33. The van der Waals surface area contributed by atoms with E-state index in [1.54, 1.807) is 35.4 Å². The van der Waals surface area contributed by atoms with Crippen molar-refractivity contribution < 1.29 is 23.9 Å². The van der Waals surface area contributed by atoms with Crippen LogP contribution in [0.25, 0.3) is 6.08 Å². The largest absolute Gasteiger partial charge is 0.465 e. The third-order valence-electron chi connectivity index (χ3n) is 4.60. The highest BCUT2D eigenvalue weighted by Gasteiger charge is 2.28. The van der Waals surface area contributed by atoms with E-state index in [0.717, 1.165) is 16.7 Å². The van der Waals surface area contributed by atoms with E-state index in [0.29, 0.717) is 5.56 Å². The molecule has 3 rings (SSSR count). The van der Waals surface area contributed by atoms with Gasteiger partial charge in [0.1, 0.15) is 6.61 Å². The van der Waals surface area contributed by atoms with E-state index in [1.807, 2.05) is 30.3 Å². The fourth-order valence-corrected chi connectivity index (χ4v) is 3.15. The molecule has 1 atom stereocenters. The van der Waals surface area contributed by atoms with Crippen LogP contribution < -0.4 is 0 Å². The molecule has 1 amide bonds. The second kappa shape index (κ2) is 8.52. The number of methoxy groups -OCH3 is 1. The number of hydrogen-bond acceptors (Lipinski definition) is 5. The van der Waals surface area contributed by atoms with E-state index in [4.69, 9.17) is 4.74 Å². The van der Waals surface area contributed by atoms with Crippen molar-refractivity contribution in [2.75, 3.05) is 7.11 Å². The van der Waals surface area contributed by atoms with E-state index < -0.39 is 18.0 Å². The average molecular weight is 379 g/mol. The molecular formula is C22H21NO5. The lowest BCUT2D eigenvalue weighted by atomic mass is 9.94. The van der Waals surface area contributed by atoms with E-state index in [2.05, 4.69) is 4.74 Å². The number of hydrogen-bond donors (Lipinski definition) is 0. The van der Waals surface area contributed by atoms with E-state index in [1.165, 1.54) is 14.0 Å². The third-order valence-corrected chi connectivity index (χ3v) is 4.60. The molecule has 0 saturated carbocycles. The number of carbonyl (C=O) groups is 3. The molecule has 2 aromatic rings. The van der Waals surface area contributed by atoms with E-state index >= 15 is 0 Å². The molecule has 0 radical (unpaired) electrons. The van der Waals surface area contributed by atoms with Crippen LogP contribution in [0.5, 0.6) is 0 Å². The van der Waals surface area contributed by atoms with Gasteiger partial charge in [0.25, 0.3) is 0 Å². The zero-order chi connectivity index (χ0) is 20.1. The second-order valence-electron chi connectivity index (χ2n) is 6.44. The molecule has 0 aliphatic carbocycles. The van der Waals surface area contributed by atoms with Gasteiger partial charge in [-0.2, -0.15) is 0 Å². The first-order valence-corrected chi connectivity index (χ1v) is 8.88. The Balaban J connectivity index is 1.65. The Morgan fingerprint density at radius 3 is 2.43 bits per heavy atom. The van der Waals surface area contributed by atoms with Crippen LogP contribution in [-0.2, 0) is 25.7 Å². The molecule has 0 saturated heterocycles. The molecule has 1 heterocycles. The Bertz CT molecular complexity index is 917. The minimum absolute atomic E-state index is 0.0567. The molecule has 6 nitrogen and oxygen atoms in total. The first-order valence-electron chi connectivity index (χ1n) is 8.88. The van der Waals surface area contributed by atoms with Gasteiger partial charge in [-0.25, -0.2) is 4.79 Å². The summed E-state index contributed by atoms with van der Waals surface area (Å²) in [5.41, 5.74) is 3.09. The zero-order valence-electron chi connectivity index (χ0n) is 15.8. The van der Waals surface area contributed by atoms with Crippen LogP contribution in [0.4, 0.5) is 0 Å². The van der Waals surface area contributed by atoms with Crippen LogP contribution in [0.2, 0.25) is 0 Å². The monoisotopic (exact) mass is 379 g/mol. The lowest BCUT2D eigenvalue weighted by Crippen LogP contribution is -2.32. The average Bonchev–Trinajstić information content (AvgIpc) is 2.72. The lowest BCUT2D eigenvalue weighted by Gasteiger charge is -2.32. The van der Waals surface area contributed by atoms with Crippen molar-refractivity contribution in [2.45, 2.75) is 26.0 Å². The van der Waals surface area contributed by atoms with Crippen molar-refractivity contribution in [3.63, 3.8) is 0 Å². The number of rotatable bonds is 5. The maximum absolute atomic E-state index is 12.4. The molecule has 6 heteroatoms. The van der Waals surface area contributed by atoms with Gasteiger partial charge in [-0.3, -0.25) is 9.59 Å². The summed E-state index contributed by atoms with van der Waals surface area (Å²) in [6.45, 7) is 1.56. The fourth-order valence-electron chi connectivity index (χ4n) is 3.15. The van der Waals surface area contributed by atoms with Gasteiger partial charge in [-0.05, 0) is 34.9 Å². The van der Waals surface area contributed by atoms with Crippen LogP contribution in [-0.4, -0.2) is 29.9 Å². The van der Waals surface area contributed by atoms with Crippen molar-refractivity contribution >= 4 is 23.9 Å². The topological polar surface area (TPSA) is 72.9 Å². The quantitative estimate of drug-likeness (QED) is 0.744. The van der Waals surface area contributed by atoms with Crippen molar-refractivity contribution in [2.24, 2.45) is 0 Å². The standard InChI is InChI=1S/C22H21NO5/c1-15(24)23-12-11-17-5-3-4-6-19(17)20(23)13-21(25)28-14-16-7-9-18(10-8-16)22(26)27-2/h3-12,20H,13-14H2,1-2H3/t20-/m1/s1. The van der Waals surface area contributed by atoms with E-state index in [9.17, 15) is 14.4 Å². The molecule has 0 aromatic heterocycles. The highest BCUT2D eigenvalue weighted by molar-refractivity contribution is 5.89. The Hall–Kier alpha value is -3.41. The molecule has 2 aromatic carbocycles. The summed E-state index contributed by atoms with van der Waals surface area (Å²) < 4.78 is 10.0. The molecule has 0 fully saturated rings. The maximum atomic E-state index is 12.4. The van der Waals surface area contributed by atoms with Gasteiger partial charge in [-0.15, -0.1) is 0 Å². The first-order chi connectivity index (χ1) is 13.5. The van der Waals surface area contributed by atoms with Crippen molar-refractivity contribution in [3.05, 3.63) is 77.0 Å². The number of benzene rings is 2. The van der Waals surface area contributed by atoms with Crippen LogP contribution in [0.1, 0.15) is 46.4 Å². The van der Waals surface area contributed by atoms with Gasteiger partial charge in [0, 0.05) is 13.1 Å². The minimum atomic E-state index is -0.420. The molecular weight excluding hydrogens is 358 g/mol. The smallest absolute Gasteiger partial charge is 0.337 e. The van der Waals surface area contributed by atoms with Gasteiger partial charge in [0.05, 0.1) is 25.1 Å². The second-order valence-corrected chi connectivity index (χ2v) is 6.44. The third kappa shape index (κ3) is 4.28. The van der Waals surface area contributed by atoms with Gasteiger partial charge in [0.15, 0.2) is 0 Å². The number of fused-ring (bicyclic) bond motifs is 1. The number of nitrogens with zero attached hydrogens (tertiary/aromatic N) is 1. The SMILES string of the molecule is COC(=O)c1ccc(COC(=O)C[C@@H]2c3ccccc3C=CN2C(C)=O)cc1. The first kappa shape index (κ1) is 19.4. The lowest BCUT2D eigenvalue weighted by molar-refractivity contribution is -0.146. The Morgan fingerprint density at radius 1 is 1.04 bits per heavy atom. The van der Waals surface area contributed by atoms with Crippen LogP contribution in [0.15, 0.2) is 54.7 Å². The number of esters is 2. The predicted molar refractivity (Wildman–Crippen MR) is 103 cm³/mol. The van der Waals surface area contributed by atoms with Crippen LogP contribution >= 0.6 is 0 Å². The minimum Gasteiger partial charge on any atom is -0.465 e. The number of carbonyl (C=O) groups excluding carboxylic acids is 3. The summed E-state index contributed by atoms with van der Waals surface area (Å²) in [7, 11) is 1.32. The van der Waals surface area contributed by atoms with Gasteiger partial charge >= 0.3 is 11.9 Å². The van der Waals surface area contributed by atoms with Crippen molar-refractivity contribution in [3.8, 4) is 0 Å². The maximum Gasteiger partial charge on any atom is 0.337 e. The predicted octanol–water partition coefficient (Wildman–Crippen LogP) is 3.48. The molecule has 1 aliphatic rings. The molecule has 1 aliphatic heterocycles. The Morgan fingerprint density at radius 2 is 1.75 bits per heavy atom. The van der Waals surface area contributed by atoms with Crippen LogP contribution in [0.3, 0.4) is 0 Å². The molecule has 144 valence electrons. The summed E-state index contributed by atoms with van der Waals surface area (Å²) in [4.78, 5) is 37.4. The van der Waals surface area contributed by atoms with Crippen molar-refractivity contribution in [1.82, 2.24) is 4.90 Å². The zero-order valence-corrected chi connectivity index (χ0v) is 15.8. The summed E-state index contributed by atoms with van der Waals surface area (Å²) in [6.07, 6.45) is 3.62. The van der Waals surface area contributed by atoms with E-state index in [-0.39, 0.29) is 18.9 Å². The Labute approximate surface area is 163 Å². The number of amides is 1.